The van der Waals surface area contributed by atoms with Crippen LogP contribution >= 0.6 is 0 Å². The fourth-order valence-electron chi connectivity index (χ4n) is 1.76. The van der Waals surface area contributed by atoms with E-state index in [0.717, 1.165) is 25.9 Å². The highest BCUT2D eigenvalue weighted by molar-refractivity contribution is 5.75. The lowest BCUT2D eigenvalue weighted by atomic mass is 10.0. The Labute approximate surface area is 106 Å². The molecule has 0 saturated carbocycles. The smallest absolute Gasteiger partial charge is 0.222 e. The zero-order valence-electron chi connectivity index (χ0n) is 12.1. The first-order chi connectivity index (χ1) is 7.85. The predicted molar refractivity (Wildman–Crippen MR) is 72.9 cm³/mol. The van der Waals surface area contributed by atoms with E-state index in [1.54, 1.807) is 19.0 Å². The molecule has 4 nitrogen and oxygen atoms in total. The van der Waals surface area contributed by atoms with E-state index in [1.165, 1.54) is 0 Å². The van der Waals surface area contributed by atoms with Gasteiger partial charge in [0, 0.05) is 32.6 Å². The number of carbonyl (C=O) groups excluding carboxylic acids is 1. The average molecular weight is 243 g/mol. The lowest BCUT2D eigenvalue weighted by Gasteiger charge is -2.37. The fraction of sp³-hybridized carbons (Fsp3) is 0.923. The number of hydrogen-bond donors (Lipinski definition) is 1. The molecule has 17 heavy (non-hydrogen) atoms. The summed E-state index contributed by atoms with van der Waals surface area (Å²) in [5.41, 5.74) is 5.83. The van der Waals surface area contributed by atoms with Crippen LogP contribution in [0.2, 0.25) is 0 Å². The molecule has 0 aliphatic rings. The molecule has 1 amide bonds. The summed E-state index contributed by atoms with van der Waals surface area (Å²) in [5, 5.41) is 0. The van der Waals surface area contributed by atoms with Gasteiger partial charge < -0.3 is 10.6 Å². The summed E-state index contributed by atoms with van der Waals surface area (Å²) in [5.74, 6) is 0.201. The summed E-state index contributed by atoms with van der Waals surface area (Å²) in [6, 6.07) is 0. The highest BCUT2D eigenvalue weighted by Gasteiger charge is 2.23. The zero-order chi connectivity index (χ0) is 13.5. The van der Waals surface area contributed by atoms with Crippen LogP contribution < -0.4 is 5.73 Å². The van der Waals surface area contributed by atoms with E-state index >= 15 is 0 Å². The quantitative estimate of drug-likeness (QED) is 0.699. The number of rotatable bonds is 8. The molecular formula is C13H29N3O. The molecular weight excluding hydrogens is 214 g/mol. The third-order valence-electron chi connectivity index (χ3n) is 3.17. The fourth-order valence-corrected chi connectivity index (χ4v) is 1.76. The Bertz CT molecular complexity index is 227. The van der Waals surface area contributed by atoms with Crippen LogP contribution in [0.1, 0.15) is 40.0 Å². The van der Waals surface area contributed by atoms with Crippen molar-refractivity contribution in [3.8, 4) is 0 Å². The van der Waals surface area contributed by atoms with Crippen molar-refractivity contribution < 1.29 is 4.79 Å². The maximum Gasteiger partial charge on any atom is 0.222 e. The van der Waals surface area contributed by atoms with Gasteiger partial charge in [-0.2, -0.15) is 0 Å². The van der Waals surface area contributed by atoms with Gasteiger partial charge in [-0.05, 0) is 39.8 Å². The second kappa shape index (κ2) is 7.67. The molecule has 0 unspecified atom stereocenters. The minimum absolute atomic E-state index is 0.0250. The summed E-state index contributed by atoms with van der Waals surface area (Å²) in [7, 11) is 3.60. The van der Waals surface area contributed by atoms with Gasteiger partial charge in [0.25, 0.3) is 0 Å². The van der Waals surface area contributed by atoms with Crippen LogP contribution in [-0.2, 0) is 4.79 Å². The molecule has 0 radical (unpaired) electrons. The second-order valence-corrected chi connectivity index (χ2v) is 5.40. The Balaban J connectivity index is 4.15. The first-order valence-electron chi connectivity index (χ1n) is 6.50. The molecule has 0 aliphatic heterocycles. The van der Waals surface area contributed by atoms with Gasteiger partial charge in [-0.15, -0.1) is 0 Å². The Kier molecular flexibility index (Phi) is 7.39. The molecule has 0 aliphatic carbocycles. The van der Waals surface area contributed by atoms with Gasteiger partial charge >= 0.3 is 0 Å². The van der Waals surface area contributed by atoms with Crippen LogP contribution in [0.4, 0.5) is 0 Å². The van der Waals surface area contributed by atoms with E-state index in [1.807, 2.05) is 0 Å². The molecule has 0 saturated heterocycles. The lowest BCUT2D eigenvalue weighted by molar-refractivity contribution is -0.128. The van der Waals surface area contributed by atoms with Crippen LogP contribution in [0.15, 0.2) is 0 Å². The van der Waals surface area contributed by atoms with E-state index in [-0.39, 0.29) is 11.4 Å². The van der Waals surface area contributed by atoms with E-state index in [9.17, 15) is 4.79 Å². The molecule has 2 N–H and O–H groups in total. The first-order valence-corrected chi connectivity index (χ1v) is 6.50. The molecule has 0 fully saturated rings. The Hall–Kier alpha value is -0.610. The second-order valence-electron chi connectivity index (χ2n) is 5.40. The summed E-state index contributed by atoms with van der Waals surface area (Å²) in [6.45, 7) is 9.13. The van der Waals surface area contributed by atoms with Crippen LogP contribution in [-0.4, -0.2) is 55.0 Å². The van der Waals surface area contributed by atoms with Gasteiger partial charge in [-0.3, -0.25) is 9.69 Å². The molecule has 0 aromatic heterocycles. The monoisotopic (exact) mass is 243 g/mol. The summed E-state index contributed by atoms with van der Waals surface area (Å²) in [4.78, 5) is 15.5. The Morgan fingerprint density at radius 1 is 1.24 bits per heavy atom. The molecule has 0 aromatic rings. The van der Waals surface area contributed by atoms with Crippen molar-refractivity contribution in [3.05, 3.63) is 0 Å². The number of amides is 1. The molecule has 0 bridgehead atoms. The van der Waals surface area contributed by atoms with E-state index in [2.05, 4.69) is 25.7 Å². The van der Waals surface area contributed by atoms with Gasteiger partial charge in [0.1, 0.15) is 0 Å². The third-order valence-corrected chi connectivity index (χ3v) is 3.17. The average Bonchev–Trinajstić information content (AvgIpc) is 2.27. The van der Waals surface area contributed by atoms with Gasteiger partial charge in [0.05, 0.1) is 0 Å². The molecule has 0 atom stereocenters. The number of nitrogens with zero attached hydrogens (tertiary/aromatic N) is 2. The highest BCUT2D eigenvalue weighted by Crippen LogP contribution is 2.14. The van der Waals surface area contributed by atoms with E-state index in [0.29, 0.717) is 13.0 Å². The molecule has 102 valence electrons. The standard InChI is InChI=1S/C13H29N3O/c1-6-9-16(13(2,3)11-14)10-7-8-12(17)15(4)5/h6-11,14H2,1-5H3. The zero-order valence-corrected chi connectivity index (χ0v) is 12.1. The molecule has 0 rings (SSSR count). The SMILES string of the molecule is CCCN(CCCC(=O)N(C)C)C(C)(C)CN. The van der Waals surface area contributed by atoms with Crippen molar-refractivity contribution in [2.75, 3.05) is 33.7 Å². The normalized spacial score (nSPS) is 11.9. The van der Waals surface area contributed by atoms with Crippen LogP contribution in [0.3, 0.4) is 0 Å². The maximum atomic E-state index is 11.5. The first kappa shape index (κ1) is 16.4. The minimum atomic E-state index is 0.0250. The largest absolute Gasteiger partial charge is 0.349 e. The summed E-state index contributed by atoms with van der Waals surface area (Å²) >= 11 is 0. The molecule has 0 aromatic carbocycles. The van der Waals surface area contributed by atoms with Crippen molar-refractivity contribution in [1.29, 1.82) is 0 Å². The number of carbonyl (C=O) groups is 1. The van der Waals surface area contributed by atoms with Gasteiger partial charge in [0.15, 0.2) is 0 Å². The molecule has 0 spiro atoms. The summed E-state index contributed by atoms with van der Waals surface area (Å²) in [6.07, 6.45) is 2.64. The Morgan fingerprint density at radius 2 is 1.82 bits per heavy atom. The van der Waals surface area contributed by atoms with Crippen molar-refractivity contribution in [2.45, 2.75) is 45.6 Å². The van der Waals surface area contributed by atoms with Crippen molar-refractivity contribution in [3.63, 3.8) is 0 Å². The molecule has 4 heteroatoms. The topological polar surface area (TPSA) is 49.6 Å². The number of hydrogen-bond acceptors (Lipinski definition) is 3. The van der Waals surface area contributed by atoms with E-state index < -0.39 is 0 Å². The van der Waals surface area contributed by atoms with Gasteiger partial charge in [0.2, 0.25) is 5.91 Å². The molecule has 0 heterocycles. The third kappa shape index (κ3) is 6.03. The lowest BCUT2D eigenvalue weighted by Crippen LogP contribution is -2.50. The predicted octanol–water partition coefficient (Wildman–Crippen LogP) is 1.30. The van der Waals surface area contributed by atoms with Crippen molar-refractivity contribution >= 4 is 5.91 Å². The van der Waals surface area contributed by atoms with Crippen LogP contribution in [0.25, 0.3) is 0 Å². The van der Waals surface area contributed by atoms with Gasteiger partial charge in [-0.25, -0.2) is 0 Å². The summed E-state index contributed by atoms with van der Waals surface area (Å²) < 4.78 is 0. The van der Waals surface area contributed by atoms with Crippen LogP contribution in [0.5, 0.6) is 0 Å². The van der Waals surface area contributed by atoms with Crippen molar-refractivity contribution in [2.24, 2.45) is 5.73 Å². The van der Waals surface area contributed by atoms with E-state index in [4.69, 9.17) is 5.73 Å². The van der Waals surface area contributed by atoms with Crippen molar-refractivity contribution in [1.82, 2.24) is 9.80 Å². The number of nitrogens with two attached hydrogens (primary N) is 1. The highest BCUT2D eigenvalue weighted by atomic mass is 16.2. The van der Waals surface area contributed by atoms with Gasteiger partial charge in [-0.1, -0.05) is 6.92 Å². The maximum absolute atomic E-state index is 11.5. The van der Waals surface area contributed by atoms with Crippen LogP contribution in [0, 0.1) is 0 Å². The Morgan fingerprint density at radius 3 is 2.24 bits per heavy atom. The minimum Gasteiger partial charge on any atom is -0.349 e.